The second kappa shape index (κ2) is 8.96. The molecular formula is C26H37N3O5. The predicted molar refractivity (Wildman–Crippen MR) is 128 cm³/mol. The Morgan fingerprint density at radius 3 is 2.47 bits per heavy atom. The molecule has 3 fully saturated rings. The Morgan fingerprint density at radius 2 is 1.85 bits per heavy atom. The highest BCUT2D eigenvalue weighted by Gasteiger charge is 2.79. The number of anilines is 1. The molecule has 2 bridgehead atoms. The number of para-hydroxylation sites is 1. The van der Waals surface area contributed by atoms with E-state index in [1.54, 1.807) is 11.9 Å². The van der Waals surface area contributed by atoms with E-state index < -0.39 is 29.1 Å². The Morgan fingerprint density at radius 1 is 1.18 bits per heavy atom. The summed E-state index contributed by atoms with van der Waals surface area (Å²) in [5.41, 5.74) is 0.790. The summed E-state index contributed by atoms with van der Waals surface area (Å²) < 4.78 is 6.66. The number of nitrogens with one attached hydrogen (secondary N) is 2. The first kappa shape index (κ1) is 24.7. The van der Waals surface area contributed by atoms with Gasteiger partial charge in [-0.2, -0.15) is 0 Å². The quantitative estimate of drug-likeness (QED) is 0.504. The molecule has 0 aliphatic carbocycles. The van der Waals surface area contributed by atoms with Crippen molar-refractivity contribution in [2.75, 3.05) is 25.5 Å². The number of ether oxygens (including phenoxy) is 1. The molecule has 34 heavy (non-hydrogen) atoms. The lowest BCUT2D eigenvalue weighted by Crippen LogP contribution is -2.54. The molecule has 3 aliphatic heterocycles. The summed E-state index contributed by atoms with van der Waals surface area (Å²) in [4.78, 5) is 42.4. The van der Waals surface area contributed by atoms with Gasteiger partial charge in [-0.3, -0.25) is 14.4 Å². The second-order valence-corrected chi connectivity index (χ2v) is 10.4. The summed E-state index contributed by atoms with van der Waals surface area (Å²) in [6.07, 6.45) is 2.60. The van der Waals surface area contributed by atoms with Gasteiger partial charge in [0, 0.05) is 25.9 Å². The fraction of sp³-hybridized carbons (Fsp3) is 0.654. The highest BCUT2D eigenvalue weighted by atomic mass is 16.5. The van der Waals surface area contributed by atoms with Crippen LogP contribution in [0.4, 0.5) is 5.69 Å². The van der Waals surface area contributed by atoms with Crippen LogP contribution in [-0.2, 0) is 19.1 Å². The van der Waals surface area contributed by atoms with Gasteiger partial charge in [-0.15, -0.1) is 0 Å². The van der Waals surface area contributed by atoms with Crippen molar-refractivity contribution in [1.82, 2.24) is 10.2 Å². The van der Waals surface area contributed by atoms with Crippen molar-refractivity contribution in [3.05, 3.63) is 29.3 Å². The van der Waals surface area contributed by atoms with Gasteiger partial charge in [0.1, 0.15) is 11.6 Å². The summed E-state index contributed by atoms with van der Waals surface area (Å²) in [5.74, 6) is -2.00. The van der Waals surface area contributed by atoms with E-state index in [0.29, 0.717) is 25.8 Å². The van der Waals surface area contributed by atoms with E-state index in [1.807, 2.05) is 45.9 Å². The molecule has 1 aromatic carbocycles. The maximum atomic E-state index is 13.9. The minimum Gasteiger partial charge on any atom is -0.396 e. The summed E-state index contributed by atoms with van der Waals surface area (Å²) in [5, 5.41) is 15.0. The van der Waals surface area contributed by atoms with Crippen molar-refractivity contribution in [3.8, 4) is 0 Å². The number of fused-ring (bicyclic) bond motifs is 1. The molecule has 3 heterocycles. The molecule has 1 spiro atoms. The molecule has 1 aromatic rings. The number of rotatable bonds is 8. The first-order valence-electron chi connectivity index (χ1n) is 12.3. The average molecular weight is 472 g/mol. The number of aliphatic hydroxyl groups excluding tert-OH is 1. The van der Waals surface area contributed by atoms with Gasteiger partial charge in [0.25, 0.3) is 0 Å². The Balaban J connectivity index is 1.74. The van der Waals surface area contributed by atoms with Gasteiger partial charge in [-0.1, -0.05) is 25.1 Å². The lowest BCUT2D eigenvalue weighted by Gasteiger charge is -2.36. The normalized spacial score (nSPS) is 33.8. The lowest BCUT2D eigenvalue weighted by atomic mass is 9.62. The average Bonchev–Trinajstić information content (AvgIpc) is 3.30. The fourth-order valence-electron chi connectivity index (χ4n) is 6.61. The molecule has 0 radical (unpaired) electrons. The standard InChI is InChI=1S/C26H37N3O5/c1-15-10-9-11-16(2)20(15)28-23(32)21-26-14-17(3)25(4,34-26)18(22(31)27-5)19(26)24(33)29(21)12-7-6-8-13-30/h9-11,17-19,21,30H,6-8,12-14H2,1-5H3,(H,27,31)(H,28,32)/t17?,18-,19+,21?,25+,26?/m1/s1. The number of hydrogen-bond donors (Lipinski definition) is 3. The van der Waals surface area contributed by atoms with Crippen LogP contribution in [0.3, 0.4) is 0 Å². The topological polar surface area (TPSA) is 108 Å². The second-order valence-electron chi connectivity index (χ2n) is 10.4. The molecule has 8 heteroatoms. The van der Waals surface area contributed by atoms with Crippen LogP contribution in [-0.4, -0.2) is 65.2 Å². The zero-order valence-corrected chi connectivity index (χ0v) is 20.8. The number of likely N-dealkylation sites (tertiary alicyclic amines) is 1. The van der Waals surface area contributed by atoms with E-state index in [-0.39, 0.29) is 30.2 Å². The summed E-state index contributed by atoms with van der Waals surface area (Å²) in [7, 11) is 1.58. The zero-order chi connectivity index (χ0) is 24.8. The number of benzene rings is 1. The zero-order valence-electron chi connectivity index (χ0n) is 20.8. The van der Waals surface area contributed by atoms with E-state index in [1.165, 1.54) is 0 Å². The first-order chi connectivity index (χ1) is 16.1. The molecule has 0 aromatic heterocycles. The largest absolute Gasteiger partial charge is 0.396 e. The van der Waals surface area contributed by atoms with E-state index in [4.69, 9.17) is 9.84 Å². The Labute approximate surface area is 201 Å². The molecule has 3 N–H and O–H groups in total. The SMILES string of the molecule is CNC(=O)[C@H]1[C@H]2C(=O)N(CCCCCO)C(C(=O)Nc3c(C)cccc3C)C23CC(C)[C@]1(C)O3. The van der Waals surface area contributed by atoms with Crippen molar-refractivity contribution < 1.29 is 24.2 Å². The van der Waals surface area contributed by atoms with E-state index in [0.717, 1.165) is 23.2 Å². The van der Waals surface area contributed by atoms with Crippen LogP contribution in [0.25, 0.3) is 0 Å². The molecule has 3 saturated heterocycles. The lowest BCUT2D eigenvalue weighted by molar-refractivity contribution is -0.146. The molecule has 3 amide bonds. The maximum Gasteiger partial charge on any atom is 0.250 e. The number of hydrogen-bond acceptors (Lipinski definition) is 5. The summed E-state index contributed by atoms with van der Waals surface area (Å²) >= 11 is 0. The third kappa shape index (κ3) is 3.53. The molecule has 3 aliphatic rings. The molecule has 0 saturated carbocycles. The van der Waals surface area contributed by atoms with E-state index in [9.17, 15) is 14.4 Å². The highest BCUT2D eigenvalue weighted by Crippen LogP contribution is 2.65. The summed E-state index contributed by atoms with van der Waals surface area (Å²) in [6, 6.07) is 5.01. The minimum absolute atomic E-state index is 0.0173. The molecule has 8 nitrogen and oxygen atoms in total. The molecule has 186 valence electrons. The smallest absolute Gasteiger partial charge is 0.250 e. The van der Waals surface area contributed by atoms with Crippen LogP contribution in [0.1, 0.15) is 50.7 Å². The van der Waals surface area contributed by atoms with E-state index in [2.05, 4.69) is 10.6 Å². The van der Waals surface area contributed by atoms with Crippen molar-refractivity contribution in [2.24, 2.45) is 17.8 Å². The Hall–Kier alpha value is -2.45. The Kier molecular flexibility index (Phi) is 6.50. The number of nitrogens with zero attached hydrogens (tertiary/aromatic N) is 1. The van der Waals surface area contributed by atoms with Crippen LogP contribution in [0.5, 0.6) is 0 Å². The van der Waals surface area contributed by atoms with Gasteiger partial charge in [0.15, 0.2) is 0 Å². The predicted octanol–water partition coefficient (Wildman–Crippen LogP) is 2.16. The number of carbonyl (C=O) groups excluding carboxylic acids is 3. The fourth-order valence-corrected chi connectivity index (χ4v) is 6.61. The van der Waals surface area contributed by atoms with Gasteiger partial charge >= 0.3 is 0 Å². The van der Waals surface area contributed by atoms with Crippen molar-refractivity contribution >= 4 is 23.4 Å². The first-order valence-corrected chi connectivity index (χ1v) is 12.3. The van der Waals surface area contributed by atoms with Gasteiger partial charge in [0.2, 0.25) is 17.7 Å². The Bertz CT molecular complexity index is 976. The third-order valence-electron chi connectivity index (χ3n) is 8.38. The van der Waals surface area contributed by atoms with Crippen LogP contribution in [0, 0.1) is 31.6 Å². The van der Waals surface area contributed by atoms with Crippen molar-refractivity contribution in [3.63, 3.8) is 0 Å². The number of unbranched alkanes of at least 4 members (excludes halogenated alkanes) is 2. The summed E-state index contributed by atoms with van der Waals surface area (Å²) in [6.45, 7) is 8.31. The minimum atomic E-state index is -1.04. The number of carbonyl (C=O) groups is 3. The highest BCUT2D eigenvalue weighted by molar-refractivity contribution is 6.04. The van der Waals surface area contributed by atoms with Crippen LogP contribution >= 0.6 is 0 Å². The molecule has 4 rings (SSSR count). The number of aliphatic hydroxyl groups is 1. The van der Waals surface area contributed by atoms with Gasteiger partial charge in [0.05, 0.1) is 17.4 Å². The molecule has 3 unspecified atom stereocenters. The number of amides is 3. The van der Waals surface area contributed by atoms with Gasteiger partial charge in [-0.05, 0) is 63.5 Å². The number of aryl methyl sites for hydroxylation is 2. The van der Waals surface area contributed by atoms with Crippen molar-refractivity contribution in [2.45, 2.75) is 70.6 Å². The molecular weight excluding hydrogens is 434 g/mol. The van der Waals surface area contributed by atoms with E-state index >= 15 is 0 Å². The monoisotopic (exact) mass is 471 g/mol. The van der Waals surface area contributed by atoms with Gasteiger partial charge in [-0.25, -0.2) is 0 Å². The maximum absolute atomic E-state index is 13.9. The van der Waals surface area contributed by atoms with Crippen LogP contribution in [0.2, 0.25) is 0 Å². The van der Waals surface area contributed by atoms with Crippen LogP contribution < -0.4 is 10.6 Å². The molecule has 6 atom stereocenters. The third-order valence-corrected chi connectivity index (χ3v) is 8.38. The van der Waals surface area contributed by atoms with Crippen LogP contribution in [0.15, 0.2) is 18.2 Å². The van der Waals surface area contributed by atoms with Gasteiger partial charge < -0.3 is 25.4 Å². The van der Waals surface area contributed by atoms with Crippen molar-refractivity contribution in [1.29, 1.82) is 0 Å².